The highest BCUT2D eigenvalue weighted by atomic mass is 35.5. The highest BCUT2D eigenvalue weighted by molar-refractivity contribution is 6.63. The van der Waals surface area contributed by atoms with Gasteiger partial charge in [0.15, 0.2) is 0 Å². The van der Waals surface area contributed by atoms with Crippen LogP contribution in [-0.2, 0) is 16.0 Å². The molecule has 24 heavy (non-hydrogen) atoms. The molecule has 1 unspecified atom stereocenters. The average molecular weight is 351 g/mol. The Balaban J connectivity index is 2.40. The summed E-state index contributed by atoms with van der Waals surface area (Å²) >= 11 is 5.82. The largest absolute Gasteiger partial charge is 0.467 e. The van der Waals surface area contributed by atoms with Crippen molar-refractivity contribution in [3.05, 3.63) is 36.0 Å². The van der Waals surface area contributed by atoms with Crippen molar-refractivity contribution >= 4 is 33.8 Å². The Morgan fingerprint density at radius 1 is 1.25 bits per heavy atom. The zero-order valence-corrected chi connectivity index (χ0v) is 15.0. The third kappa shape index (κ3) is 3.73. The number of aromatic nitrogens is 1. The van der Waals surface area contributed by atoms with Crippen LogP contribution in [0.4, 0.5) is 4.79 Å². The summed E-state index contributed by atoms with van der Waals surface area (Å²) in [5.74, 6) is -0.457. The van der Waals surface area contributed by atoms with E-state index in [4.69, 9.17) is 16.3 Å². The molecule has 0 aliphatic rings. The number of carbonyl (C=O) groups is 2. The second-order valence-corrected chi connectivity index (χ2v) is 6.06. The van der Waals surface area contributed by atoms with Gasteiger partial charge in [-0.2, -0.15) is 0 Å². The van der Waals surface area contributed by atoms with Crippen molar-refractivity contribution in [1.82, 2.24) is 9.88 Å². The fraction of sp³-hybridized carbons (Fsp3) is 0.444. The molecule has 0 spiro atoms. The lowest BCUT2D eigenvalue weighted by Gasteiger charge is -2.34. The van der Waals surface area contributed by atoms with Crippen molar-refractivity contribution < 1.29 is 14.3 Å². The first-order valence-corrected chi connectivity index (χ1v) is 8.51. The molecular weight excluding hydrogens is 328 g/mol. The van der Waals surface area contributed by atoms with Gasteiger partial charge in [-0.15, -0.1) is 0 Å². The van der Waals surface area contributed by atoms with Gasteiger partial charge in [0.25, 0.3) is 0 Å². The summed E-state index contributed by atoms with van der Waals surface area (Å²) in [6, 6.07) is 6.99. The van der Waals surface area contributed by atoms with Crippen molar-refractivity contribution in [2.75, 3.05) is 7.11 Å². The molecule has 5 nitrogen and oxygen atoms in total. The van der Waals surface area contributed by atoms with Gasteiger partial charge in [-0.05, 0) is 36.1 Å². The molecule has 0 saturated heterocycles. The Bertz CT molecular complexity index is 709. The van der Waals surface area contributed by atoms with E-state index in [2.05, 4.69) is 4.98 Å². The van der Waals surface area contributed by atoms with Gasteiger partial charge in [-0.3, -0.25) is 4.79 Å². The molecule has 1 heterocycles. The molecule has 2 aromatic rings. The number of hydrogen-bond acceptors (Lipinski definition) is 3. The standard InChI is InChI=1S/C18H23ClN2O3/c1-4-13(5-2)21(18(19)23)16(17(22)24-3)10-12-11-20-15-9-7-6-8-14(12)15/h6-9,11,13,16,20H,4-5,10H2,1-3H3. The average Bonchev–Trinajstić information content (AvgIpc) is 3.00. The van der Waals surface area contributed by atoms with Crippen LogP contribution in [0.3, 0.4) is 0 Å². The number of ether oxygens (including phenoxy) is 1. The Hall–Kier alpha value is -2.01. The number of H-pyrrole nitrogens is 1. The molecule has 0 saturated carbocycles. The second kappa shape index (κ2) is 8.20. The molecule has 6 heteroatoms. The van der Waals surface area contributed by atoms with Gasteiger partial charge in [0.1, 0.15) is 6.04 Å². The molecule has 0 bridgehead atoms. The molecule has 0 radical (unpaired) electrons. The Labute approximate surface area is 146 Å². The van der Waals surface area contributed by atoms with Gasteiger partial charge in [-0.25, -0.2) is 4.79 Å². The van der Waals surface area contributed by atoms with Crippen LogP contribution in [0.25, 0.3) is 10.9 Å². The zero-order chi connectivity index (χ0) is 17.7. The Morgan fingerprint density at radius 2 is 1.92 bits per heavy atom. The Morgan fingerprint density at radius 3 is 2.50 bits per heavy atom. The highest BCUT2D eigenvalue weighted by Gasteiger charge is 2.34. The molecular formula is C18H23ClN2O3. The maximum Gasteiger partial charge on any atom is 0.328 e. The maximum absolute atomic E-state index is 12.4. The van der Waals surface area contributed by atoms with E-state index < -0.39 is 17.4 Å². The number of nitrogens with zero attached hydrogens (tertiary/aromatic N) is 1. The zero-order valence-electron chi connectivity index (χ0n) is 14.2. The monoisotopic (exact) mass is 350 g/mol. The van der Waals surface area contributed by atoms with E-state index in [0.29, 0.717) is 6.42 Å². The van der Waals surface area contributed by atoms with Crippen molar-refractivity contribution in [2.45, 2.75) is 45.2 Å². The van der Waals surface area contributed by atoms with Crippen LogP contribution in [0.15, 0.2) is 30.5 Å². The van der Waals surface area contributed by atoms with Crippen LogP contribution < -0.4 is 0 Å². The van der Waals surface area contributed by atoms with Crippen LogP contribution in [-0.4, -0.2) is 40.4 Å². The molecule has 1 aromatic heterocycles. The first-order valence-electron chi connectivity index (χ1n) is 8.14. The maximum atomic E-state index is 12.4. The summed E-state index contributed by atoms with van der Waals surface area (Å²) in [7, 11) is 1.33. The first kappa shape index (κ1) is 18.3. The van der Waals surface area contributed by atoms with Gasteiger partial charge >= 0.3 is 11.3 Å². The second-order valence-electron chi connectivity index (χ2n) is 5.73. The molecule has 0 aliphatic heterocycles. The number of fused-ring (bicyclic) bond motifs is 1. The molecule has 1 amide bonds. The van der Waals surface area contributed by atoms with E-state index in [1.165, 1.54) is 12.0 Å². The van der Waals surface area contributed by atoms with Crippen molar-refractivity contribution in [3.8, 4) is 0 Å². The number of aromatic amines is 1. The van der Waals surface area contributed by atoms with Crippen molar-refractivity contribution in [1.29, 1.82) is 0 Å². The third-order valence-electron chi connectivity index (χ3n) is 4.44. The first-order chi connectivity index (χ1) is 11.5. The van der Waals surface area contributed by atoms with Crippen LogP contribution in [0.5, 0.6) is 0 Å². The van der Waals surface area contributed by atoms with E-state index in [1.807, 2.05) is 44.3 Å². The van der Waals surface area contributed by atoms with Crippen LogP contribution in [0.1, 0.15) is 32.3 Å². The summed E-state index contributed by atoms with van der Waals surface area (Å²) < 4.78 is 4.94. The number of carbonyl (C=O) groups excluding carboxylic acids is 2. The van der Waals surface area contributed by atoms with Gasteiger partial charge in [-0.1, -0.05) is 32.0 Å². The molecule has 0 aliphatic carbocycles. The predicted molar refractivity (Wildman–Crippen MR) is 95.3 cm³/mol. The minimum atomic E-state index is -0.746. The lowest BCUT2D eigenvalue weighted by molar-refractivity contribution is -0.146. The summed E-state index contributed by atoms with van der Waals surface area (Å²) in [6.45, 7) is 3.95. The number of hydrogen-bond donors (Lipinski definition) is 1. The summed E-state index contributed by atoms with van der Waals surface area (Å²) in [4.78, 5) is 29.0. The van der Waals surface area contributed by atoms with E-state index in [0.717, 1.165) is 29.3 Å². The highest BCUT2D eigenvalue weighted by Crippen LogP contribution is 2.24. The van der Waals surface area contributed by atoms with Crippen molar-refractivity contribution in [2.24, 2.45) is 0 Å². The minimum Gasteiger partial charge on any atom is -0.467 e. The normalized spacial score (nSPS) is 12.4. The molecule has 1 N–H and O–H groups in total. The number of benzene rings is 1. The van der Waals surface area contributed by atoms with Gasteiger partial charge in [0.2, 0.25) is 0 Å². The summed E-state index contributed by atoms with van der Waals surface area (Å²) in [6.07, 6.45) is 3.66. The fourth-order valence-electron chi connectivity index (χ4n) is 3.14. The third-order valence-corrected chi connectivity index (χ3v) is 4.63. The van der Waals surface area contributed by atoms with Crippen LogP contribution in [0.2, 0.25) is 0 Å². The van der Waals surface area contributed by atoms with E-state index in [1.54, 1.807) is 0 Å². The lowest BCUT2D eigenvalue weighted by atomic mass is 10.0. The van der Waals surface area contributed by atoms with Crippen LogP contribution >= 0.6 is 11.6 Å². The van der Waals surface area contributed by atoms with Crippen molar-refractivity contribution in [3.63, 3.8) is 0 Å². The number of esters is 1. The molecule has 2 rings (SSSR count). The number of amides is 1. The minimum absolute atomic E-state index is 0.107. The molecule has 0 fully saturated rings. The number of rotatable bonds is 7. The number of para-hydroxylation sites is 1. The predicted octanol–water partition coefficient (Wildman–Crippen LogP) is 4.10. The molecule has 1 atom stereocenters. The molecule has 130 valence electrons. The van der Waals surface area contributed by atoms with Crippen LogP contribution in [0, 0.1) is 0 Å². The number of halogens is 1. The Kier molecular flexibility index (Phi) is 6.26. The fourth-order valence-corrected chi connectivity index (χ4v) is 3.40. The van der Waals surface area contributed by atoms with E-state index >= 15 is 0 Å². The van der Waals surface area contributed by atoms with Gasteiger partial charge in [0.05, 0.1) is 7.11 Å². The number of methoxy groups -OCH3 is 1. The summed E-state index contributed by atoms with van der Waals surface area (Å²) in [5, 5.41) is 0.400. The van der Waals surface area contributed by atoms with E-state index in [-0.39, 0.29) is 6.04 Å². The smallest absolute Gasteiger partial charge is 0.328 e. The summed E-state index contributed by atoms with van der Waals surface area (Å²) in [5.41, 5.74) is 1.94. The van der Waals surface area contributed by atoms with Gasteiger partial charge < -0.3 is 14.6 Å². The number of nitrogens with one attached hydrogen (secondary N) is 1. The quantitative estimate of drug-likeness (QED) is 0.464. The molecule has 1 aromatic carbocycles. The van der Waals surface area contributed by atoms with Gasteiger partial charge in [0, 0.05) is 29.6 Å². The SMILES string of the molecule is CCC(CC)N(C(=O)Cl)C(Cc1c[nH]c2ccccc12)C(=O)OC. The topological polar surface area (TPSA) is 62.4 Å². The lowest BCUT2D eigenvalue weighted by Crippen LogP contribution is -2.50. The van der Waals surface area contributed by atoms with E-state index in [9.17, 15) is 9.59 Å².